The van der Waals surface area contributed by atoms with Gasteiger partial charge in [0.15, 0.2) is 0 Å². The highest BCUT2D eigenvalue weighted by Crippen LogP contribution is 2.34. The number of non-ortho nitro benzene ring substituents is 1. The number of ether oxygens (including phenoxy) is 1. The second kappa shape index (κ2) is 7.90. The minimum atomic E-state index is -0.565. The number of nitro benzene ring substituents is 1. The Balaban J connectivity index is 1.82. The number of benzene rings is 2. The van der Waals surface area contributed by atoms with E-state index in [1.807, 2.05) is 49.9 Å². The fourth-order valence-electron chi connectivity index (χ4n) is 3.21. The zero-order valence-electron chi connectivity index (χ0n) is 16.6. The minimum Gasteiger partial charge on any atom is -0.459 e. The molecule has 0 N–H and O–H groups in total. The summed E-state index contributed by atoms with van der Waals surface area (Å²) < 4.78 is 5.41. The average Bonchev–Trinajstić information content (AvgIpc) is 2.66. The summed E-state index contributed by atoms with van der Waals surface area (Å²) in [6.45, 7) is 6.40. The van der Waals surface area contributed by atoms with Crippen molar-refractivity contribution in [3.05, 3.63) is 64.2 Å². The van der Waals surface area contributed by atoms with Gasteiger partial charge in [0.1, 0.15) is 12.1 Å². The molecular weight excluding hydrogens is 374 g/mol. The van der Waals surface area contributed by atoms with Crippen LogP contribution in [0.1, 0.15) is 31.1 Å². The van der Waals surface area contributed by atoms with E-state index in [9.17, 15) is 19.7 Å². The summed E-state index contributed by atoms with van der Waals surface area (Å²) >= 11 is 0. The molecule has 0 saturated heterocycles. The third-order valence-electron chi connectivity index (χ3n) is 4.42. The summed E-state index contributed by atoms with van der Waals surface area (Å²) in [5.41, 5.74) is 1.19. The number of hydrogen-bond acceptors (Lipinski definition) is 6. The van der Waals surface area contributed by atoms with E-state index in [1.165, 1.54) is 24.3 Å². The van der Waals surface area contributed by atoms with Gasteiger partial charge in [-0.15, -0.1) is 0 Å². The molecule has 0 bridgehead atoms. The van der Waals surface area contributed by atoms with E-state index in [1.54, 1.807) is 4.90 Å². The number of para-hydroxylation sites is 2. The van der Waals surface area contributed by atoms with E-state index in [2.05, 4.69) is 0 Å². The number of nitro groups is 1. The van der Waals surface area contributed by atoms with Gasteiger partial charge in [0, 0.05) is 30.8 Å². The number of rotatable bonds is 4. The lowest BCUT2D eigenvalue weighted by atomic mass is 10.1. The van der Waals surface area contributed by atoms with Crippen molar-refractivity contribution in [1.82, 2.24) is 0 Å². The molecule has 0 unspecified atom stereocenters. The lowest BCUT2D eigenvalue weighted by Crippen LogP contribution is -2.46. The molecule has 2 aromatic carbocycles. The summed E-state index contributed by atoms with van der Waals surface area (Å²) in [7, 11) is 0. The first kappa shape index (κ1) is 20.3. The quantitative estimate of drug-likeness (QED) is 0.446. The van der Waals surface area contributed by atoms with E-state index in [-0.39, 0.29) is 24.1 Å². The number of esters is 1. The monoisotopic (exact) mass is 397 g/mol. The van der Waals surface area contributed by atoms with Crippen molar-refractivity contribution in [2.24, 2.45) is 0 Å². The van der Waals surface area contributed by atoms with Gasteiger partial charge < -0.3 is 14.5 Å². The summed E-state index contributed by atoms with van der Waals surface area (Å²) in [5.74, 6) is -0.577. The van der Waals surface area contributed by atoms with Crippen molar-refractivity contribution >= 4 is 28.9 Å². The molecule has 29 heavy (non-hydrogen) atoms. The second-order valence-corrected chi connectivity index (χ2v) is 7.76. The Kier molecular flexibility index (Phi) is 5.54. The molecule has 0 aliphatic carbocycles. The average molecular weight is 397 g/mol. The molecule has 1 heterocycles. The van der Waals surface area contributed by atoms with Crippen LogP contribution in [0.3, 0.4) is 0 Å². The lowest BCUT2D eigenvalue weighted by Gasteiger charge is -2.37. The Labute approximate surface area is 168 Å². The van der Waals surface area contributed by atoms with Crippen LogP contribution in [0.15, 0.2) is 48.5 Å². The smallest absolute Gasteiger partial charge is 0.326 e. The summed E-state index contributed by atoms with van der Waals surface area (Å²) in [6.07, 6.45) is 0. The lowest BCUT2D eigenvalue weighted by molar-refractivity contribution is -0.384. The van der Waals surface area contributed by atoms with Crippen molar-refractivity contribution in [3.8, 4) is 0 Å². The van der Waals surface area contributed by atoms with Gasteiger partial charge >= 0.3 is 5.97 Å². The molecule has 1 amide bonds. The fraction of sp³-hybridized carbons (Fsp3) is 0.333. The number of nitrogens with zero attached hydrogens (tertiary/aromatic N) is 3. The van der Waals surface area contributed by atoms with Gasteiger partial charge in [0.05, 0.1) is 16.3 Å². The third-order valence-corrected chi connectivity index (χ3v) is 4.42. The standard InChI is InChI=1S/C21H23N3O5/c1-21(2,3)29-19(25)14-22-12-13-23(18-7-5-4-6-17(18)22)20(26)15-8-10-16(11-9-15)24(27)28/h4-11H,12-14H2,1-3H3. The first-order valence-corrected chi connectivity index (χ1v) is 9.28. The number of hydrogen-bond donors (Lipinski definition) is 0. The highest BCUT2D eigenvalue weighted by atomic mass is 16.6. The molecule has 0 aromatic heterocycles. The molecule has 3 rings (SSSR count). The van der Waals surface area contributed by atoms with Crippen LogP contribution < -0.4 is 9.80 Å². The van der Waals surface area contributed by atoms with Crippen molar-refractivity contribution in [3.63, 3.8) is 0 Å². The van der Waals surface area contributed by atoms with Crippen molar-refractivity contribution in [2.45, 2.75) is 26.4 Å². The Morgan fingerprint density at radius 2 is 1.66 bits per heavy atom. The van der Waals surface area contributed by atoms with Crippen LogP contribution in [-0.2, 0) is 9.53 Å². The van der Waals surface area contributed by atoms with Gasteiger partial charge in [-0.05, 0) is 45.0 Å². The van der Waals surface area contributed by atoms with Crippen LogP contribution in [-0.4, -0.2) is 42.0 Å². The molecule has 0 spiro atoms. The number of carbonyl (C=O) groups is 2. The number of fused-ring (bicyclic) bond motifs is 1. The number of amides is 1. The van der Waals surface area contributed by atoms with Crippen LogP contribution in [0.2, 0.25) is 0 Å². The largest absolute Gasteiger partial charge is 0.459 e. The van der Waals surface area contributed by atoms with E-state index >= 15 is 0 Å². The van der Waals surface area contributed by atoms with Crippen LogP contribution in [0.25, 0.3) is 0 Å². The first-order valence-electron chi connectivity index (χ1n) is 9.28. The van der Waals surface area contributed by atoms with Gasteiger partial charge in [-0.25, -0.2) is 0 Å². The van der Waals surface area contributed by atoms with E-state index in [4.69, 9.17) is 4.74 Å². The second-order valence-electron chi connectivity index (χ2n) is 7.76. The highest BCUT2D eigenvalue weighted by Gasteiger charge is 2.29. The number of carbonyl (C=O) groups excluding carboxylic acids is 2. The molecule has 0 atom stereocenters. The molecule has 0 radical (unpaired) electrons. The summed E-state index contributed by atoms with van der Waals surface area (Å²) in [5, 5.41) is 10.8. The normalized spacial score (nSPS) is 13.6. The molecule has 1 aliphatic rings. The molecule has 0 fully saturated rings. The van der Waals surface area contributed by atoms with Crippen molar-refractivity contribution in [1.29, 1.82) is 0 Å². The van der Waals surface area contributed by atoms with Gasteiger partial charge in [-0.2, -0.15) is 0 Å². The predicted octanol–water partition coefficient (Wildman–Crippen LogP) is 3.40. The van der Waals surface area contributed by atoms with Crippen LogP contribution in [0, 0.1) is 10.1 Å². The summed E-state index contributed by atoms with van der Waals surface area (Å²) in [4.78, 5) is 39.1. The van der Waals surface area contributed by atoms with Gasteiger partial charge in [-0.3, -0.25) is 19.7 Å². The molecule has 8 nitrogen and oxygen atoms in total. The van der Waals surface area contributed by atoms with E-state index < -0.39 is 10.5 Å². The van der Waals surface area contributed by atoms with E-state index in [0.717, 1.165) is 5.69 Å². The minimum absolute atomic E-state index is 0.0656. The topological polar surface area (TPSA) is 93.0 Å². The first-order chi connectivity index (χ1) is 13.7. The van der Waals surface area contributed by atoms with Crippen LogP contribution in [0.4, 0.5) is 17.1 Å². The van der Waals surface area contributed by atoms with Gasteiger partial charge in [0.25, 0.3) is 11.6 Å². The molecular formula is C21H23N3O5. The van der Waals surface area contributed by atoms with E-state index in [0.29, 0.717) is 24.3 Å². The molecule has 2 aromatic rings. The fourth-order valence-corrected chi connectivity index (χ4v) is 3.21. The van der Waals surface area contributed by atoms with Gasteiger partial charge in [0.2, 0.25) is 0 Å². The predicted molar refractivity (Wildman–Crippen MR) is 109 cm³/mol. The zero-order chi connectivity index (χ0) is 21.2. The molecule has 8 heteroatoms. The maximum atomic E-state index is 13.0. The maximum absolute atomic E-state index is 13.0. The zero-order valence-corrected chi connectivity index (χ0v) is 16.6. The van der Waals surface area contributed by atoms with Gasteiger partial charge in [-0.1, -0.05) is 12.1 Å². The molecule has 1 aliphatic heterocycles. The van der Waals surface area contributed by atoms with Crippen LogP contribution in [0.5, 0.6) is 0 Å². The van der Waals surface area contributed by atoms with Crippen molar-refractivity contribution in [2.75, 3.05) is 29.4 Å². The molecule has 0 saturated carbocycles. The molecule has 152 valence electrons. The Morgan fingerprint density at radius 1 is 1.03 bits per heavy atom. The highest BCUT2D eigenvalue weighted by molar-refractivity contribution is 6.08. The number of anilines is 2. The maximum Gasteiger partial charge on any atom is 0.326 e. The Hall–Kier alpha value is -3.42. The Morgan fingerprint density at radius 3 is 2.24 bits per heavy atom. The SMILES string of the molecule is CC(C)(C)OC(=O)CN1CCN(C(=O)c2ccc([N+](=O)[O-])cc2)c2ccccc21. The van der Waals surface area contributed by atoms with Crippen molar-refractivity contribution < 1.29 is 19.2 Å². The summed E-state index contributed by atoms with van der Waals surface area (Å²) in [6, 6.07) is 12.9. The third kappa shape index (κ3) is 4.71. The van der Waals surface area contributed by atoms with Crippen LogP contribution >= 0.6 is 0 Å². The Bertz CT molecular complexity index is 934.